The zero-order chi connectivity index (χ0) is 27.1. The van der Waals surface area contributed by atoms with Crippen LogP contribution in [0.2, 0.25) is 0 Å². The Morgan fingerprint density at radius 2 is 1.71 bits per heavy atom. The van der Waals surface area contributed by atoms with Crippen molar-refractivity contribution in [2.75, 3.05) is 27.9 Å². The average Bonchev–Trinajstić information content (AvgIpc) is 3.34. The van der Waals surface area contributed by atoms with Crippen molar-refractivity contribution < 1.29 is 34.0 Å². The monoisotopic (exact) mass is 515 g/mol. The van der Waals surface area contributed by atoms with Crippen LogP contribution in [0.3, 0.4) is 0 Å². The molecule has 0 aromatic heterocycles. The summed E-state index contributed by atoms with van der Waals surface area (Å²) < 4.78 is 23.2. The predicted octanol–water partition coefficient (Wildman–Crippen LogP) is 2.71. The van der Waals surface area contributed by atoms with E-state index in [0.717, 1.165) is 0 Å². The number of carbonyl (C=O) groups is 1. The highest BCUT2D eigenvalue weighted by atomic mass is 16.5. The van der Waals surface area contributed by atoms with E-state index >= 15 is 0 Å². The number of hydrogen-bond acceptors (Lipinski definition) is 7. The molecule has 2 aliphatic rings. The Bertz CT molecular complexity index is 1380. The number of benzene rings is 3. The molecule has 5 rings (SSSR count). The van der Waals surface area contributed by atoms with Crippen molar-refractivity contribution in [2.45, 2.75) is 23.2 Å². The van der Waals surface area contributed by atoms with Crippen LogP contribution in [0.5, 0.6) is 23.0 Å². The molecule has 0 unspecified atom stereocenters. The third-order valence-corrected chi connectivity index (χ3v) is 7.62. The van der Waals surface area contributed by atoms with E-state index in [4.69, 9.17) is 25.4 Å². The molecule has 1 aliphatic carbocycles. The van der Waals surface area contributed by atoms with Crippen LogP contribution < -0.4 is 24.3 Å². The molecule has 1 saturated carbocycles. The zero-order valence-electron chi connectivity index (χ0n) is 21.3. The minimum Gasteiger partial charge on any atom is -0.497 e. The first-order valence-corrected chi connectivity index (χ1v) is 12.1. The van der Waals surface area contributed by atoms with Gasteiger partial charge in [-0.1, -0.05) is 48.4 Å². The minimum atomic E-state index is -2.10. The fourth-order valence-corrected chi connectivity index (χ4v) is 6.05. The smallest absolute Gasteiger partial charge is 0.227 e. The van der Waals surface area contributed by atoms with Gasteiger partial charge in [0.1, 0.15) is 29.1 Å². The number of ether oxygens (including phenoxy) is 4. The normalized spacial score (nSPS) is 26.9. The second-order valence-corrected chi connectivity index (χ2v) is 9.32. The molecule has 0 saturated heterocycles. The van der Waals surface area contributed by atoms with Gasteiger partial charge in [-0.15, -0.1) is 6.42 Å². The molecule has 1 heterocycles. The summed E-state index contributed by atoms with van der Waals surface area (Å²) in [6, 6.07) is 19.5. The Balaban J connectivity index is 1.85. The van der Waals surface area contributed by atoms with Gasteiger partial charge in [-0.2, -0.15) is 0 Å². The summed E-state index contributed by atoms with van der Waals surface area (Å²) >= 11 is 0. The van der Waals surface area contributed by atoms with Crippen molar-refractivity contribution in [3.8, 4) is 35.3 Å². The van der Waals surface area contributed by atoms with Crippen LogP contribution in [0.1, 0.15) is 22.6 Å². The summed E-state index contributed by atoms with van der Waals surface area (Å²) in [6.07, 6.45) is 3.80. The average molecular weight is 516 g/mol. The summed E-state index contributed by atoms with van der Waals surface area (Å²) in [5.41, 5.74) is -2.28. The number of aliphatic hydroxyl groups excluding tert-OH is 1. The third-order valence-electron chi connectivity index (χ3n) is 7.62. The molecule has 0 radical (unpaired) electrons. The number of terminal acetylenes is 1. The maximum atomic E-state index is 13.6. The number of amides is 1. The summed E-state index contributed by atoms with van der Waals surface area (Å²) in [7, 11) is 4.53. The largest absolute Gasteiger partial charge is 0.497 e. The van der Waals surface area contributed by atoms with Gasteiger partial charge >= 0.3 is 0 Å². The molecule has 38 heavy (non-hydrogen) atoms. The Labute approximate surface area is 221 Å². The molecule has 3 N–H and O–H groups in total. The number of fused-ring (bicyclic) bond motifs is 3. The fraction of sp³-hybridized carbons (Fsp3) is 0.300. The second-order valence-electron chi connectivity index (χ2n) is 9.32. The van der Waals surface area contributed by atoms with E-state index in [-0.39, 0.29) is 23.6 Å². The van der Waals surface area contributed by atoms with Crippen LogP contribution in [-0.4, -0.2) is 50.1 Å². The van der Waals surface area contributed by atoms with Crippen molar-refractivity contribution in [3.63, 3.8) is 0 Å². The maximum Gasteiger partial charge on any atom is 0.227 e. The molecule has 196 valence electrons. The summed E-state index contributed by atoms with van der Waals surface area (Å²) in [4.78, 5) is 13.6. The van der Waals surface area contributed by atoms with Crippen molar-refractivity contribution in [1.29, 1.82) is 0 Å². The molecule has 1 fully saturated rings. The van der Waals surface area contributed by atoms with Crippen LogP contribution in [-0.2, 0) is 16.0 Å². The molecule has 0 spiro atoms. The van der Waals surface area contributed by atoms with E-state index < -0.39 is 35.0 Å². The van der Waals surface area contributed by atoms with Gasteiger partial charge in [-0.25, -0.2) is 0 Å². The fourth-order valence-electron chi connectivity index (χ4n) is 6.05. The van der Waals surface area contributed by atoms with E-state index in [9.17, 15) is 15.0 Å². The molecular formula is C30H29NO7. The van der Waals surface area contributed by atoms with Crippen molar-refractivity contribution >= 4 is 5.91 Å². The van der Waals surface area contributed by atoms with Crippen molar-refractivity contribution in [3.05, 3.63) is 83.4 Å². The number of carbonyl (C=O) groups excluding carboxylic acids is 1. The molecule has 5 atom stereocenters. The lowest BCUT2D eigenvalue weighted by molar-refractivity contribution is -0.154. The van der Waals surface area contributed by atoms with Crippen LogP contribution in [0.15, 0.2) is 66.7 Å². The highest BCUT2D eigenvalue weighted by molar-refractivity contribution is 5.83. The first-order valence-electron chi connectivity index (χ1n) is 12.1. The molecule has 3 aromatic rings. The van der Waals surface area contributed by atoms with E-state index in [2.05, 4.69) is 11.2 Å². The molecule has 3 aromatic carbocycles. The molecule has 8 nitrogen and oxygen atoms in total. The van der Waals surface area contributed by atoms with Crippen LogP contribution >= 0.6 is 0 Å². The molecular weight excluding hydrogens is 486 g/mol. The summed E-state index contributed by atoms with van der Waals surface area (Å²) in [5, 5.41) is 27.5. The number of rotatable bonds is 7. The number of aliphatic hydroxyl groups is 2. The first-order chi connectivity index (χ1) is 18.4. The third kappa shape index (κ3) is 3.43. The van der Waals surface area contributed by atoms with Crippen LogP contribution in [0.4, 0.5) is 0 Å². The van der Waals surface area contributed by atoms with Gasteiger partial charge in [0.2, 0.25) is 5.91 Å². The van der Waals surface area contributed by atoms with E-state index in [1.165, 1.54) is 14.2 Å². The van der Waals surface area contributed by atoms with Gasteiger partial charge in [-0.05, 0) is 23.3 Å². The van der Waals surface area contributed by atoms with Gasteiger partial charge < -0.3 is 34.5 Å². The molecule has 1 amide bonds. The minimum absolute atomic E-state index is 0.0323. The summed E-state index contributed by atoms with van der Waals surface area (Å²) in [5.74, 6) is 1.52. The second kappa shape index (κ2) is 9.60. The number of methoxy groups -OCH3 is 3. The Kier molecular flexibility index (Phi) is 6.43. The van der Waals surface area contributed by atoms with E-state index in [1.807, 2.05) is 30.3 Å². The Morgan fingerprint density at radius 3 is 2.32 bits per heavy atom. The first kappa shape index (κ1) is 25.5. The van der Waals surface area contributed by atoms with Gasteiger partial charge in [0.05, 0.1) is 39.4 Å². The molecule has 1 aliphatic heterocycles. The van der Waals surface area contributed by atoms with Gasteiger partial charge in [0, 0.05) is 18.1 Å². The van der Waals surface area contributed by atoms with Gasteiger partial charge in [0.25, 0.3) is 0 Å². The van der Waals surface area contributed by atoms with Crippen molar-refractivity contribution in [2.24, 2.45) is 5.92 Å². The standard InChI is InChI=1S/C30H29NO7/c1-5-15-31-28(33)24-25(18-9-7-6-8-10-18)30(19-11-13-20(35-2)14-12-19)29(34,27(24)32)26-22(37-4)16-21(36-3)17-23(26)38-30/h1,6-14,16-17,24-25,27,32,34H,15H2,2-4H3,(H,31,33)/t24-,25-,27-,29+,30+/m1/s1. The quantitative estimate of drug-likeness (QED) is 0.416. The van der Waals surface area contributed by atoms with Crippen LogP contribution in [0.25, 0.3) is 0 Å². The van der Waals surface area contributed by atoms with E-state index in [0.29, 0.717) is 22.6 Å². The lowest BCUT2D eigenvalue weighted by Crippen LogP contribution is -2.52. The predicted molar refractivity (Wildman–Crippen MR) is 139 cm³/mol. The molecule has 0 bridgehead atoms. The van der Waals surface area contributed by atoms with Crippen molar-refractivity contribution in [1.82, 2.24) is 5.32 Å². The summed E-state index contributed by atoms with van der Waals surface area (Å²) in [6.45, 7) is -0.0323. The Morgan fingerprint density at radius 1 is 1.03 bits per heavy atom. The molecule has 8 heteroatoms. The lowest BCUT2D eigenvalue weighted by atomic mass is 9.70. The number of hydrogen-bond donors (Lipinski definition) is 3. The zero-order valence-corrected chi connectivity index (χ0v) is 21.3. The Hall–Kier alpha value is -4.19. The van der Waals surface area contributed by atoms with Crippen LogP contribution in [0, 0.1) is 18.3 Å². The lowest BCUT2D eigenvalue weighted by Gasteiger charge is -2.40. The number of nitrogens with one attached hydrogen (secondary N) is 1. The maximum absolute atomic E-state index is 13.6. The highest BCUT2D eigenvalue weighted by Gasteiger charge is 2.78. The van der Waals surface area contributed by atoms with Gasteiger partial charge in [-0.3, -0.25) is 4.79 Å². The topological polar surface area (TPSA) is 106 Å². The van der Waals surface area contributed by atoms with Gasteiger partial charge in [0.15, 0.2) is 11.2 Å². The highest BCUT2D eigenvalue weighted by Crippen LogP contribution is 2.70. The van der Waals surface area contributed by atoms with E-state index in [1.54, 1.807) is 43.5 Å². The SMILES string of the molecule is C#CCNC(=O)[C@H]1[C@@H](O)[C@@]2(O)c3c(OC)cc(OC)cc3O[C@@]2(c2ccc(OC)cc2)[C@@H]1c1ccccc1.